The Labute approximate surface area is 229 Å². The van der Waals surface area contributed by atoms with Crippen LogP contribution in [0.3, 0.4) is 0 Å². The van der Waals surface area contributed by atoms with E-state index >= 15 is 0 Å². The number of anilines is 1. The van der Waals surface area contributed by atoms with Gasteiger partial charge in [0, 0.05) is 49.6 Å². The zero-order valence-corrected chi connectivity index (χ0v) is 22.9. The van der Waals surface area contributed by atoms with E-state index in [2.05, 4.69) is 20.7 Å². The van der Waals surface area contributed by atoms with Crippen LogP contribution in [0, 0.1) is 5.92 Å². The predicted octanol–water partition coefficient (Wildman–Crippen LogP) is 3.72. The van der Waals surface area contributed by atoms with Gasteiger partial charge in [-0.2, -0.15) is 5.10 Å². The number of nitrogens with zero attached hydrogens (tertiary/aromatic N) is 6. The van der Waals surface area contributed by atoms with Crippen LogP contribution in [0.4, 0.5) is 5.95 Å². The number of hydrogen-bond acceptors (Lipinski definition) is 7. The molecule has 3 aromatic rings. The summed E-state index contributed by atoms with van der Waals surface area (Å²) >= 11 is 6.49. The average molecular weight is 537 g/mol. The van der Waals surface area contributed by atoms with Gasteiger partial charge in [0.15, 0.2) is 0 Å². The van der Waals surface area contributed by atoms with Crippen molar-refractivity contribution in [3.05, 3.63) is 54.0 Å². The number of nitrogens with one attached hydrogen (secondary N) is 2. The molecule has 1 amide bonds. The SMILES string of the molecule is CN(C)C/C=C/C(=O)N1CCC(CN[C@H]2CCCC(Nc3ncc(Cl)c(-c4cnn5ccccc45)n3)C2)C1. The van der Waals surface area contributed by atoms with Crippen molar-refractivity contribution in [3.63, 3.8) is 0 Å². The van der Waals surface area contributed by atoms with Crippen molar-refractivity contribution in [2.45, 2.75) is 44.2 Å². The lowest BCUT2D eigenvalue weighted by molar-refractivity contribution is -0.125. The Kier molecular flexibility index (Phi) is 8.56. The smallest absolute Gasteiger partial charge is 0.246 e. The van der Waals surface area contributed by atoms with Gasteiger partial charge in [-0.05, 0) is 70.8 Å². The van der Waals surface area contributed by atoms with Crippen LogP contribution in [-0.2, 0) is 4.79 Å². The molecule has 2 fully saturated rings. The number of carbonyl (C=O) groups excluding carboxylic acids is 1. The Balaban J connectivity index is 1.13. The minimum atomic E-state index is 0.128. The monoisotopic (exact) mass is 536 g/mol. The van der Waals surface area contributed by atoms with E-state index in [-0.39, 0.29) is 5.91 Å². The van der Waals surface area contributed by atoms with E-state index in [9.17, 15) is 4.79 Å². The van der Waals surface area contributed by atoms with Crippen LogP contribution in [0.15, 0.2) is 48.9 Å². The third-order valence-electron chi connectivity index (χ3n) is 7.46. The molecular weight excluding hydrogens is 500 g/mol. The molecule has 9 nitrogen and oxygen atoms in total. The highest BCUT2D eigenvalue weighted by Crippen LogP contribution is 2.30. The van der Waals surface area contributed by atoms with Crippen molar-refractivity contribution in [2.75, 3.05) is 45.6 Å². The lowest BCUT2D eigenvalue weighted by Crippen LogP contribution is -2.41. The molecule has 0 bridgehead atoms. The number of pyridine rings is 1. The van der Waals surface area contributed by atoms with Gasteiger partial charge in [0.1, 0.15) is 0 Å². The minimum Gasteiger partial charge on any atom is -0.351 e. The van der Waals surface area contributed by atoms with Crippen LogP contribution in [0.5, 0.6) is 0 Å². The van der Waals surface area contributed by atoms with Gasteiger partial charge in [0.25, 0.3) is 0 Å². The molecule has 38 heavy (non-hydrogen) atoms. The lowest BCUT2D eigenvalue weighted by atomic mass is 9.90. The maximum Gasteiger partial charge on any atom is 0.246 e. The number of hydrogen-bond donors (Lipinski definition) is 2. The minimum absolute atomic E-state index is 0.128. The van der Waals surface area contributed by atoms with E-state index in [4.69, 9.17) is 16.6 Å². The molecule has 0 radical (unpaired) electrons. The second-order valence-electron chi connectivity index (χ2n) is 10.7. The summed E-state index contributed by atoms with van der Waals surface area (Å²) < 4.78 is 1.82. The summed E-state index contributed by atoms with van der Waals surface area (Å²) in [6.45, 7) is 3.40. The zero-order chi connectivity index (χ0) is 26.5. The van der Waals surface area contributed by atoms with Crippen LogP contribution >= 0.6 is 11.6 Å². The van der Waals surface area contributed by atoms with Gasteiger partial charge in [-0.1, -0.05) is 23.7 Å². The van der Waals surface area contributed by atoms with Gasteiger partial charge in [0.2, 0.25) is 11.9 Å². The fraction of sp³-hybridized carbons (Fsp3) is 0.500. The number of carbonyl (C=O) groups is 1. The summed E-state index contributed by atoms with van der Waals surface area (Å²) in [4.78, 5) is 25.7. The first-order chi connectivity index (χ1) is 18.5. The Morgan fingerprint density at radius 2 is 2.08 bits per heavy atom. The van der Waals surface area contributed by atoms with Gasteiger partial charge < -0.3 is 20.4 Å². The number of likely N-dealkylation sites (tertiary alicyclic amines) is 1. The largest absolute Gasteiger partial charge is 0.351 e. The molecule has 1 saturated carbocycles. The highest BCUT2D eigenvalue weighted by molar-refractivity contribution is 6.33. The second kappa shape index (κ2) is 12.2. The number of likely N-dealkylation sites (N-methyl/N-ethyl adjacent to an activating group) is 1. The van der Waals surface area contributed by atoms with Crippen LogP contribution in [0.2, 0.25) is 5.02 Å². The number of rotatable bonds is 9. The first-order valence-electron chi connectivity index (χ1n) is 13.5. The van der Waals surface area contributed by atoms with E-state index in [0.717, 1.165) is 69.4 Å². The van der Waals surface area contributed by atoms with Crippen LogP contribution in [-0.4, -0.2) is 87.6 Å². The molecule has 202 valence electrons. The average Bonchev–Trinajstić information content (AvgIpc) is 3.56. The van der Waals surface area contributed by atoms with E-state index in [1.807, 2.05) is 58.9 Å². The summed E-state index contributed by atoms with van der Waals surface area (Å²) in [6, 6.07) is 6.67. The number of fused-ring (bicyclic) bond motifs is 1. The molecule has 2 aliphatic rings. The summed E-state index contributed by atoms with van der Waals surface area (Å²) in [5, 5.41) is 12.3. The van der Waals surface area contributed by atoms with E-state index < -0.39 is 0 Å². The van der Waals surface area contributed by atoms with Crippen molar-refractivity contribution >= 4 is 29.0 Å². The van der Waals surface area contributed by atoms with Crippen LogP contribution in [0.25, 0.3) is 16.8 Å². The maximum absolute atomic E-state index is 12.4. The molecule has 1 aliphatic heterocycles. The van der Waals surface area contributed by atoms with Crippen molar-refractivity contribution in [2.24, 2.45) is 5.92 Å². The first-order valence-corrected chi connectivity index (χ1v) is 13.9. The summed E-state index contributed by atoms with van der Waals surface area (Å²) in [7, 11) is 4.00. The molecule has 3 aromatic heterocycles. The third-order valence-corrected chi connectivity index (χ3v) is 7.73. The molecule has 10 heteroatoms. The molecule has 0 spiro atoms. The van der Waals surface area contributed by atoms with Gasteiger partial charge >= 0.3 is 0 Å². The number of amides is 1. The second-order valence-corrected chi connectivity index (χ2v) is 11.1. The van der Waals surface area contributed by atoms with E-state index in [1.165, 1.54) is 0 Å². The van der Waals surface area contributed by atoms with Gasteiger partial charge in [0.05, 0.1) is 28.6 Å². The molecule has 5 rings (SSSR count). The van der Waals surface area contributed by atoms with Gasteiger partial charge in [-0.3, -0.25) is 4.79 Å². The molecule has 2 N–H and O–H groups in total. The fourth-order valence-electron chi connectivity index (χ4n) is 5.43. The molecular formula is C28H37ClN8O. The van der Waals surface area contributed by atoms with Crippen molar-refractivity contribution in [3.8, 4) is 11.3 Å². The molecule has 3 atom stereocenters. The first kappa shape index (κ1) is 26.6. The topological polar surface area (TPSA) is 90.7 Å². The highest BCUT2D eigenvalue weighted by Gasteiger charge is 2.27. The van der Waals surface area contributed by atoms with Crippen molar-refractivity contribution in [1.29, 1.82) is 0 Å². The Bertz CT molecular complexity index is 1270. The van der Waals surface area contributed by atoms with Crippen LogP contribution in [0.1, 0.15) is 32.1 Å². The molecule has 4 heterocycles. The van der Waals surface area contributed by atoms with Gasteiger partial charge in [-0.15, -0.1) is 0 Å². The Morgan fingerprint density at radius 3 is 2.95 bits per heavy atom. The normalized spacial score (nSPS) is 22.1. The predicted molar refractivity (Wildman–Crippen MR) is 151 cm³/mol. The van der Waals surface area contributed by atoms with Crippen molar-refractivity contribution in [1.82, 2.24) is 34.7 Å². The zero-order valence-electron chi connectivity index (χ0n) is 22.2. The van der Waals surface area contributed by atoms with E-state index in [1.54, 1.807) is 18.5 Å². The van der Waals surface area contributed by atoms with E-state index in [0.29, 0.717) is 34.7 Å². The Hall–Kier alpha value is -3.01. The molecule has 2 unspecified atom stereocenters. The summed E-state index contributed by atoms with van der Waals surface area (Å²) in [5.74, 6) is 1.22. The molecule has 0 aromatic carbocycles. The van der Waals surface area contributed by atoms with Crippen molar-refractivity contribution < 1.29 is 4.79 Å². The number of aromatic nitrogens is 4. The number of halogens is 1. The van der Waals surface area contributed by atoms with Gasteiger partial charge in [-0.25, -0.2) is 14.5 Å². The lowest BCUT2D eigenvalue weighted by Gasteiger charge is -2.31. The standard InChI is InChI=1S/C28H37ClN8O/c1-35(2)12-6-10-26(38)36-14-11-20(19-36)16-30-21-7-5-8-22(15-21)33-28-31-18-24(29)27(34-28)23-17-32-37-13-4-3-9-25(23)37/h3-4,6,9-10,13,17-18,20-22,30H,5,7-8,11-12,14-16,19H2,1-2H3,(H,31,33,34)/b10-6+/t20?,21-,22?/m0/s1. The Morgan fingerprint density at radius 1 is 1.21 bits per heavy atom. The molecule has 1 aliphatic carbocycles. The van der Waals surface area contributed by atoms with Crippen LogP contribution < -0.4 is 10.6 Å². The molecule has 1 saturated heterocycles. The summed E-state index contributed by atoms with van der Waals surface area (Å²) in [5.41, 5.74) is 2.53. The summed E-state index contributed by atoms with van der Waals surface area (Å²) in [6.07, 6.45) is 14.5. The highest BCUT2D eigenvalue weighted by atomic mass is 35.5. The maximum atomic E-state index is 12.4. The quantitative estimate of drug-likeness (QED) is 0.403. The fourth-order valence-corrected chi connectivity index (χ4v) is 5.63. The third kappa shape index (κ3) is 6.51.